The summed E-state index contributed by atoms with van der Waals surface area (Å²) in [5.41, 5.74) is 0. The van der Waals surface area contributed by atoms with Gasteiger partial charge in [-0.1, -0.05) is 68.7 Å². The second kappa shape index (κ2) is 8.04. The van der Waals surface area contributed by atoms with Crippen LogP contribution in [-0.4, -0.2) is 23.4 Å². The van der Waals surface area contributed by atoms with Crippen LogP contribution in [0.5, 0.6) is 0 Å². The van der Waals surface area contributed by atoms with E-state index in [-0.39, 0.29) is 6.04 Å². The zero-order chi connectivity index (χ0) is 16.1. The number of hydrogen-bond donors (Lipinski definition) is 0. The molecule has 128 valence electrons. The van der Waals surface area contributed by atoms with Crippen LogP contribution in [0, 0.1) is 0 Å². The van der Waals surface area contributed by atoms with Crippen LogP contribution in [0.4, 0.5) is 0 Å². The largest absolute Gasteiger partial charge is 0.252 e. The van der Waals surface area contributed by atoms with E-state index < -0.39 is 10.0 Å². The normalized spacial score (nSPS) is 21.6. The van der Waals surface area contributed by atoms with Crippen LogP contribution in [-0.2, 0) is 10.0 Å². The van der Waals surface area contributed by atoms with Crippen molar-refractivity contribution in [1.82, 2.24) is 3.71 Å². The molecule has 5 heteroatoms. The van der Waals surface area contributed by atoms with Crippen LogP contribution in [0.1, 0.15) is 64.2 Å². The third-order valence-corrected chi connectivity index (χ3v) is 8.72. The van der Waals surface area contributed by atoms with Gasteiger partial charge in [-0.25, -0.2) is 8.42 Å². The zero-order valence-corrected chi connectivity index (χ0v) is 15.3. The maximum absolute atomic E-state index is 13.2. The Labute approximate surface area is 145 Å². The standard InChI is InChI=1S/C18H27NO2S2/c20-23(21,18-14-8-3-9-15-18)19(16-10-4-1-5-11-16)22-17-12-6-2-7-13-17/h3,8-9,14-17H,1-2,4-7,10-13H2. The molecular weight excluding hydrogens is 326 g/mol. The summed E-state index contributed by atoms with van der Waals surface area (Å²) in [6, 6.07) is 9.13. The van der Waals surface area contributed by atoms with E-state index in [1.807, 2.05) is 18.2 Å². The van der Waals surface area contributed by atoms with Gasteiger partial charge >= 0.3 is 0 Å². The summed E-state index contributed by atoms with van der Waals surface area (Å²) >= 11 is 1.62. The Hall–Kier alpha value is -0.520. The average molecular weight is 354 g/mol. The van der Waals surface area contributed by atoms with Gasteiger partial charge in [0.2, 0.25) is 0 Å². The zero-order valence-electron chi connectivity index (χ0n) is 13.7. The Balaban J connectivity index is 1.84. The summed E-state index contributed by atoms with van der Waals surface area (Å²) in [4.78, 5) is 0.439. The van der Waals surface area contributed by atoms with Crippen molar-refractivity contribution in [2.45, 2.75) is 80.4 Å². The van der Waals surface area contributed by atoms with Gasteiger partial charge in [0.25, 0.3) is 10.0 Å². The number of hydrogen-bond acceptors (Lipinski definition) is 3. The molecule has 2 aliphatic rings. The smallest absolute Gasteiger partial charge is 0.206 e. The van der Waals surface area contributed by atoms with E-state index in [1.165, 1.54) is 25.7 Å². The van der Waals surface area contributed by atoms with Gasteiger partial charge in [0.05, 0.1) is 4.90 Å². The molecule has 0 aliphatic heterocycles. The number of sulfonamides is 1. The Bertz CT molecular complexity index is 576. The minimum absolute atomic E-state index is 0.167. The van der Waals surface area contributed by atoms with Crippen molar-refractivity contribution in [3.8, 4) is 0 Å². The summed E-state index contributed by atoms with van der Waals surface area (Å²) < 4.78 is 28.2. The molecule has 2 fully saturated rings. The Morgan fingerprint density at radius 2 is 1.39 bits per heavy atom. The van der Waals surface area contributed by atoms with Crippen molar-refractivity contribution < 1.29 is 8.42 Å². The van der Waals surface area contributed by atoms with Crippen molar-refractivity contribution >= 4 is 22.0 Å². The van der Waals surface area contributed by atoms with E-state index in [0.717, 1.165) is 38.5 Å². The molecule has 0 unspecified atom stereocenters. The second-order valence-corrected chi connectivity index (χ2v) is 10.0. The maximum Gasteiger partial charge on any atom is 0.252 e. The molecule has 0 radical (unpaired) electrons. The topological polar surface area (TPSA) is 37.4 Å². The summed E-state index contributed by atoms with van der Waals surface area (Å²) in [6.07, 6.45) is 11.6. The predicted molar refractivity (Wildman–Crippen MR) is 96.8 cm³/mol. The van der Waals surface area contributed by atoms with Crippen molar-refractivity contribution in [3.63, 3.8) is 0 Å². The second-order valence-electron chi connectivity index (χ2n) is 6.73. The molecule has 0 spiro atoms. The summed E-state index contributed by atoms with van der Waals surface area (Å²) in [5.74, 6) is 0. The third kappa shape index (κ3) is 4.31. The number of nitrogens with zero attached hydrogens (tertiary/aromatic N) is 1. The molecular formula is C18H27NO2S2. The molecule has 0 amide bonds. The molecule has 2 saturated carbocycles. The third-order valence-electron chi connectivity index (χ3n) is 4.96. The first-order valence-electron chi connectivity index (χ1n) is 8.94. The van der Waals surface area contributed by atoms with Crippen molar-refractivity contribution in [3.05, 3.63) is 30.3 Å². The van der Waals surface area contributed by atoms with Gasteiger partial charge in [0, 0.05) is 11.3 Å². The SMILES string of the molecule is O=S(=O)(c1ccccc1)N(SC1CCCCC1)C1CCCCC1. The molecule has 23 heavy (non-hydrogen) atoms. The molecule has 1 aromatic rings. The average Bonchev–Trinajstić information content (AvgIpc) is 2.62. The van der Waals surface area contributed by atoms with E-state index in [2.05, 4.69) is 0 Å². The van der Waals surface area contributed by atoms with Gasteiger partial charge in [0.1, 0.15) is 0 Å². The van der Waals surface area contributed by atoms with E-state index in [0.29, 0.717) is 10.1 Å². The van der Waals surface area contributed by atoms with Gasteiger partial charge in [0.15, 0.2) is 0 Å². The summed E-state index contributed by atoms with van der Waals surface area (Å²) in [5, 5.41) is 0.462. The quantitative estimate of drug-likeness (QED) is 0.700. The molecule has 3 rings (SSSR count). The van der Waals surface area contributed by atoms with E-state index in [4.69, 9.17) is 0 Å². The summed E-state index contributed by atoms with van der Waals surface area (Å²) in [7, 11) is -3.40. The Kier molecular flexibility index (Phi) is 6.05. The lowest BCUT2D eigenvalue weighted by Crippen LogP contribution is -2.38. The lowest BCUT2D eigenvalue weighted by atomic mass is 9.96. The lowest BCUT2D eigenvalue weighted by molar-refractivity contribution is 0.343. The Morgan fingerprint density at radius 1 is 0.826 bits per heavy atom. The van der Waals surface area contributed by atoms with Crippen LogP contribution >= 0.6 is 11.9 Å². The van der Waals surface area contributed by atoms with Gasteiger partial charge < -0.3 is 0 Å². The maximum atomic E-state index is 13.2. The van der Waals surface area contributed by atoms with Crippen LogP contribution < -0.4 is 0 Å². The van der Waals surface area contributed by atoms with Crippen LogP contribution in [0.2, 0.25) is 0 Å². The molecule has 3 nitrogen and oxygen atoms in total. The lowest BCUT2D eigenvalue weighted by Gasteiger charge is -2.35. The van der Waals surface area contributed by atoms with Gasteiger partial charge in [-0.15, -0.1) is 3.71 Å². The predicted octanol–water partition coefficient (Wildman–Crippen LogP) is 4.99. The van der Waals surface area contributed by atoms with Crippen molar-refractivity contribution in [2.24, 2.45) is 0 Å². The van der Waals surface area contributed by atoms with Gasteiger partial charge in [-0.05, 0) is 37.8 Å². The highest BCUT2D eigenvalue weighted by Crippen LogP contribution is 2.39. The molecule has 0 bridgehead atoms. The Morgan fingerprint density at radius 3 is 2.00 bits per heavy atom. The van der Waals surface area contributed by atoms with E-state index in [9.17, 15) is 8.42 Å². The van der Waals surface area contributed by atoms with Crippen molar-refractivity contribution in [2.75, 3.05) is 0 Å². The molecule has 0 aromatic heterocycles. The highest BCUT2D eigenvalue weighted by molar-refractivity contribution is 8.08. The molecule has 0 N–H and O–H groups in total. The van der Waals surface area contributed by atoms with E-state index >= 15 is 0 Å². The fraction of sp³-hybridized carbons (Fsp3) is 0.667. The van der Waals surface area contributed by atoms with Crippen LogP contribution in [0.25, 0.3) is 0 Å². The van der Waals surface area contributed by atoms with Crippen LogP contribution in [0.3, 0.4) is 0 Å². The molecule has 1 aromatic carbocycles. The molecule has 2 aliphatic carbocycles. The van der Waals surface area contributed by atoms with E-state index in [1.54, 1.807) is 27.8 Å². The monoisotopic (exact) mass is 353 g/mol. The first-order chi connectivity index (χ1) is 11.2. The minimum Gasteiger partial charge on any atom is -0.206 e. The fourth-order valence-electron chi connectivity index (χ4n) is 3.64. The number of rotatable bonds is 5. The van der Waals surface area contributed by atoms with Gasteiger partial charge in [-0.3, -0.25) is 0 Å². The molecule has 0 saturated heterocycles. The molecule has 0 atom stereocenters. The first-order valence-corrected chi connectivity index (χ1v) is 11.2. The fourth-order valence-corrected chi connectivity index (χ4v) is 7.25. The van der Waals surface area contributed by atoms with Crippen molar-refractivity contribution in [1.29, 1.82) is 0 Å². The number of benzene rings is 1. The highest BCUT2D eigenvalue weighted by Gasteiger charge is 2.35. The minimum atomic E-state index is -3.40. The molecule has 0 heterocycles. The highest BCUT2D eigenvalue weighted by atomic mass is 32.3. The first kappa shape index (κ1) is 17.3. The van der Waals surface area contributed by atoms with Gasteiger partial charge in [-0.2, -0.15) is 0 Å². The summed E-state index contributed by atoms with van der Waals surface area (Å²) in [6.45, 7) is 0. The van der Waals surface area contributed by atoms with Crippen LogP contribution in [0.15, 0.2) is 35.2 Å².